The number of ether oxygens (including phenoxy) is 2. The van der Waals surface area contributed by atoms with Gasteiger partial charge in [-0.2, -0.15) is 0 Å². The second kappa shape index (κ2) is 8.03. The van der Waals surface area contributed by atoms with Crippen LogP contribution in [0.15, 0.2) is 12.2 Å². The lowest BCUT2D eigenvalue weighted by atomic mass is 10.0. The molecule has 0 amide bonds. The molecule has 1 heterocycles. The van der Waals surface area contributed by atoms with Crippen LogP contribution in [0, 0.1) is 0 Å². The normalized spacial score (nSPS) is 23.1. The van der Waals surface area contributed by atoms with Gasteiger partial charge in [0.05, 0.1) is 0 Å². The molecular weight excluding hydrogens is 232 g/mol. The molecule has 0 bridgehead atoms. The quantitative estimate of drug-likeness (QED) is 0.518. The summed E-state index contributed by atoms with van der Waals surface area (Å²) in [5, 5.41) is 0. The second-order valence-corrected chi connectivity index (χ2v) is 4.57. The number of esters is 1. The molecule has 0 aromatic rings. The first-order valence-electron chi connectivity index (χ1n) is 6.68. The van der Waals surface area contributed by atoms with Gasteiger partial charge < -0.3 is 9.47 Å². The summed E-state index contributed by atoms with van der Waals surface area (Å²) in [7, 11) is 0. The SMILES string of the molecule is CCCCCCCC1OC(OC(C)=O)C=CC1=O. The zero-order valence-corrected chi connectivity index (χ0v) is 11.2. The van der Waals surface area contributed by atoms with Crippen LogP contribution in [0.3, 0.4) is 0 Å². The highest BCUT2D eigenvalue weighted by atomic mass is 16.7. The van der Waals surface area contributed by atoms with E-state index < -0.39 is 18.4 Å². The van der Waals surface area contributed by atoms with Crippen molar-refractivity contribution >= 4 is 11.8 Å². The standard InChI is InChI=1S/C14H22O4/c1-3-4-5-6-7-8-13-12(16)9-10-14(18-13)17-11(2)15/h9-10,13-14H,3-8H2,1-2H3. The van der Waals surface area contributed by atoms with Crippen molar-refractivity contribution in [3.8, 4) is 0 Å². The van der Waals surface area contributed by atoms with Crippen molar-refractivity contribution in [1.29, 1.82) is 0 Å². The van der Waals surface area contributed by atoms with Gasteiger partial charge in [0, 0.05) is 6.92 Å². The predicted molar refractivity (Wildman–Crippen MR) is 68.0 cm³/mol. The Morgan fingerprint density at radius 1 is 1.33 bits per heavy atom. The second-order valence-electron chi connectivity index (χ2n) is 4.57. The molecule has 0 aromatic carbocycles. The van der Waals surface area contributed by atoms with Crippen LogP contribution in [0.2, 0.25) is 0 Å². The van der Waals surface area contributed by atoms with Crippen LogP contribution in [0.5, 0.6) is 0 Å². The van der Waals surface area contributed by atoms with Crippen LogP contribution >= 0.6 is 0 Å². The topological polar surface area (TPSA) is 52.6 Å². The van der Waals surface area contributed by atoms with Crippen LogP contribution in [-0.4, -0.2) is 24.1 Å². The Kier molecular flexibility index (Phi) is 6.65. The summed E-state index contributed by atoms with van der Waals surface area (Å²) in [6, 6.07) is 0. The number of carbonyl (C=O) groups excluding carboxylic acids is 2. The largest absolute Gasteiger partial charge is 0.432 e. The summed E-state index contributed by atoms with van der Waals surface area (Å²) >= 11 is 0. The summed E-state index contributed by atoms with van der Waals surface area (Å²) in [4.78, 5) is 22.4. The van der Waals surface area contributed by atoms with E-state index in [2.05, 4.69) is 6.92 Å². The highest BCUT2D eigenvalue weighted by Crippen LogP contribution is 2.17. The van der Waals surface area contributed by atoms with E-state index in [1.54, 1.807) is 0 Å². The lowest BCUT2D eigenvalue weighted by molar-refractivity contribution is -0.180. The summed E-state index contributed by atoms with van der Waals surface area (Å²) in [5.41, 5.74) is 0. The smallest absolute Gasteiger partial charge is 0.305 e. The molecular formula is C14H22O4. The van der Waals surface area contributed by atoms with Crippen LogP contribution in [0.1, 0.15) is 52.4 Å². The molecule has 102 valence electrons. The first kappa shape index (κ1) is 14.9. The molecule has 4 nitrogen and oxygen atoms in total. The Bertz CT molecular complexity index is 309. The van der Waals surface area contributed by atoms with Gasteiger partial charge in [0.15, 0.2) is 5.78 Å². The Labute approximate surface area is 108 Å². The molecule has 0 saturated carbocycles. The Balaban J connectivity index is 2.29. The average Bonchev–Trinajstić information content (AvgIpc) is 2.32. The molecule has 0 aliphatic carbocycles. The van der Waals surface area contributed by atoms with E-state index in [0.717, 1.165) is 12.8 Å². The summed E-state index contributed by atoms with van der Waals surface area (Å²) in [5.74, 6) is -0.436. The van der Waals surface area contributed by atoms with Crippen molar-refractivity contribution in [2.75, 3.05) is 0 Å². The highest BCUT2D eigenvalue weighted by molar-refractivity contribution is 5.94. The number of carbonyl (C=O) groups is 2. The van der Waals surface area contributed by atoms with Crippen molar-refractivity contribution in [2.24, 2.45) is 0 Å². The van der Waals surface area contributed by atoms with Crippen molar-refractivity contribution in [2.45, 2.75) is 64.8 Å². The van der Waals surface area contributed by atoms with Crippen LogP contribution in [-0.2, 0) is 19.1 Å². The molecule has 1 aliphatic heterocycles. The fraction of sp³-hybridized carbons (Fsp3) is 0.714. The van der Waals surface area contributed by atoms with Gasteiger partial charge in [-0.15, -0.1) is 0 Å². The van der Waals surface area contributed by atoms with Crippen LogP contribution < -0.4 is 0 Å². The zero-order chi connectivity index (χ0) is 13.4. The first-order valence-corrected chi connectivity index (χ1v) is 6.68. The number of ketones is 1. The van der Waals surface area contributed by atoms with Gasteiger partial charge in [-0.3, -0.25) is 9.59 Å². The Morgan fingerprint density at radius 3 is 2.72 bits per heavy atom. The number of hydrogen-bond donors (Lipinski definition) is 0. The Hall–Kier alpha value is -1.16. The molecule has 0 spiro atoms. The van der Waals surface area contributed by atoms with E-state index >= 15 is 0 Å². The maximum Gasteiger partial charge on any atom is 0.305 e. The average molecular weight is 254 g/mol. The molecule has 0 radical (unpaired) electrons. The lowest BCUT2D eigenvalue weighted by Crippen LogP contribution is -2.33. The lowest BCUT2D eigenvalue weighted by Gasteiger charge is -2.24. The number of unbranched alkanes of at least 4 members (excludes halogenated alkanes) is 4. The third-order valence-corrected chi connectivity index (χ3v) is 2.89. The van der Waals surface area contributed by atoms with Crippen LogP contribution in [0.25, 0.3) is 0 Å². The Morgan fingerprint density at radius 2 is 2.06 bits per heavy atom. The predicted octanol–water partition coefficient (Wildman–Crippen LogP) is 2.76. The van der Waals surface area contributed by atoms with Crippen LogP contribution in [0.4, 0.5) is 0 Å². The maximum atomic E-state index is 11.6. The molecule has 4 heteroatoms. The zero-order valence-electron chi connectivity index (χ0n) is 11.2. The maximum absolute atomic E-state index is 11.6. The monoisotopic (exact) mass is 254 g/mol. The van der Waals surface area contributed by atoms with Gasteiger partial charge in [0.25, 0.3) is 0 Å². The molecule has 0 N–H and O–H groups in total. The summed E-state index contributed by atoms with van der Waals surface area (Å²) < 4.78 is 10.4. The third kappa shape index (κ3) is 5.45. The molecule has 0 aromatic heterocycles. The van der Waals surface area contributed by atoms with Gasteiger partial charge >= 0.3 is 5.97 Å². The van der Waals surface area contributed by atoms with E-state index in [1.165, 1.54) is 38.3 Å². The number of hydrogen-bond acceptors (Lipinski definition) is 4. The van der Waals surface area contributed by atoms with E-state index in [9.17, 15) is 9.59 Å². The highest BCUT2D eigenvalue weighted by Gasteiger charge is 2.26. The summed E-state index contributed by atoms with van der Waals surface area (Å²) in [6.07, 6.45) is 8.18. The molecule has 1 aliphatic rings. The minimum atomic E-state index is -0.708. The van der Waals surface area contributed by atoms with Crippen molar-refractivity contribution in [3.05, 3.63) is 12.2 Å². The fourth-order valence-corrected chi connectivity index (χ4v) is 1.93. The van der Waals surface area contributed by atoms with Gasteiger partial charge in [0.1, 0.15) is 6.10 Å². The van der Waals surface area contributed by atoms with Crippen molar-refractivity contribution < 1.29 is 19.1 Å². The van der Waals surface area contributed by atoms with Gasteiger partial charge in [-0.05, 0) is 18.6 Å². The molecule has 0 fully saturated rings. The molecule has 2 unspecified atom stereocenters. The minimum Gasteiger partial charge on any atom is -0.432 e. The van der Waals surface area contributed by atoms with E-state index in [1.807, 2.05) is 0 Å². The van der Waals surface area contributed by atoms with Gasteiger partial charge in [-0.25, -0.2) is 0 Å². The van der Waals surface area contributed by atoms with Crippen molar-refractivity contribution in [1.82, 2.24) is 0 Å². The van der Waals surface area contributed by atoms with E-state index in [-0.39, 0.29) is 5.78 Å². The number of rotatable bonds is 7. The van der Waals surface area contributed by atoms with Crippen molar-refractivity contribution in [3.63, 3.8) is 0 Å². The molecule has 0 saturated heterocycles. The minimum absolute atomic E-state index is 0.0334. The van der Waals surface area contributed by atoms with Gasteiger partial charge in [-0.1, -0.05) is 39.0 Å². The summed E-state index contributed by atoms with van der Waals surface area (Å²) in [6.45, 7) is 3.50. The third-order valence-electron chi connectivity index (χ3n) is 2.89. The molecule has 2 atom stereocenters. The van der Waals surface area contributed by atoms with E-state index in [4.69, 9.17) is 9.47 Å². The first-order chi connectivity index (χ1) is 8.63. The fourth-order valence-electron chi connectivity index (χ4n) is 1.93. The molecule has 1 rings (SSSR count). The molecule has 18 heavy (non-hydrogen) atoms. The van der Waals surface area contributed by atoms with E-state index in [0.29, 0.717) is 6.42 Å². The van der Waals surface area contributed by atoms with Gasteiger partial charge in [0.2, 0.25) is 6.29 Å².